The molecule has 0 saturated carbocycles. The average molecular weight is 329 g/mol. The predicted octanol–water partition coefficient (Wildman–Crippen LogP) is 2.68. The second-order valence-electron chi connectivity index (χ2n) is 6.04. The first kappa shape index (κ1) is 18.9. The van der Waals surface area contributed by atoms with Crippen LogP contribution >= 0.6 is 11.3 Å². The topological polar surface area (TPSA) is 63.7 Å². The highest BCUT2D eigenvalue weighted by atomic mass is 32.1. The molecule has 0 saturated heterocycles. The van der Waals surface area contributed by atoms with Crippen molar-refractivity contribution >= 4 is 17.4 Å². The van der Waals surface area contributed by atoms with Gasteiger partial charge in [-0.1, -0.05) is 0 Å². The molecule has 0 fully saturated rings. The fourth-order valence-corrected chi connectivity index (χ4v) is 2.43. The number of carbonyl (C=O) groups is 1. The van der Waals surface area contributed by atoms with Gasteiger partial charge >= 0.3 is 6.09 Å². The molecule has 1 heterocycles. The molecule has 0 aliphatic heterocycles. The highest BCUT2D eigenvalue weighted by Gasteiger charge is 2.21. The van der Waals surface area contributed by atoms with Gasteiger partial charge in [-0.25, -0.2) is 4.79 Å². The molecule has 0 aliphatic rings. The first-order chi connectivity index (χ1) is 10.3. The molecule has 0 aromatic carbocycles. The molecule has 0 spiro atoms. The zero-order valence-electron chi connectivity index (χ0n) is 14.1. The molecule has 0 bridgehead atoms. The van der Waals surface area contributed by atoms with Crippen LogP contribution in [0.4, 0.5) is 4.79 Å². The predicted molar refractivity (Wildman–Crippen MR) is 88.2 cm³/mol. The molecule has 1 amide bonds. The summed E-state index contributed by atoms with van der Waals surface area (Å²) in [5.74, 6) is 0. The minimum atomic E-state index is -0.494. The van der Waals surface area contributed by atoms with Gasteiger partial charge < -0.3 is 19.7 Å². The molecule has 1 unspecified atom stereocenters. The highest BCUT2D eigenvalue weighted by molar-refractivity contribution is 7.09. The summed E-state index contributed by atoms with van der Waals surface area (Å²) in [7, 11) is 1.62. The average Bonchev–Trinajstić information content (AvgIpc) is 2.94. The molecule has 1 N–H and O–H groups in total. The Morgan fingerprint density at radius 3 is 2.73 bits per heavy atom. The Hall–Kier alpha value is -1.18. The number of nitrogens with zero attached hydrogens (tertiary/aromatic N) is 2. The van der Waals surface area contributed by atoms with Crippen LogP contribution in [-0.2, 0) is 9.47 Å². The summed E-state index contributed by atoms with van der Waals surface area (Å²) in [4.78, 5) is 19.1. The lowest BCUT2D eigenvalue weighted by atomic mass is 10.2. The van der Waals surface area contributed by atoms with Gasteiger partial charge in [0.25, 0.3) is 0 Å². The van der Waals surface area contributed by atoms with Gasteiger partial charge in [0.2, 0.25) is 0 Å². The fourth-order valence-electron chi connectivity index (χ4n) is 1.78. The SMILES string of the molecule is COCCN(CCNC(C)c1cncs1)C(=O)OC(C)(C)C. The van der Waals surface area contributed by atoms with Crippen molar-refractivity contribution in [3.05, 3.63) is 16.6 Å². The van der Waals surface area contributed by atoms with Crippen LogP contribution in [0.2, 0.25) is 0 Å². The largest absolute Gasteiger partial charge is 0.444 e. The van der Waals surface area contributed by atoms with E-state index in [0.29, 0.717) is 26.2 Å². The molecule has 1 rings (SSSR count). The summed E-state index contributed by atoms with van der Waals surface area (Å²) in [6.07, 6.45) is 1.55. The van der Waals surface area contributed by atoms with Gasteiger partial charge in [-0.3, -0.25) is 4.98 Å². The molecule has 7 heteroatoms. The van der Waals surface area contributed by atoms with E-state index < -0.39 is 5.60 Å². The number of nitrogens with one attached hydrogen (secondary N) is 1. The van der Waals surface area contributed by atoms with Gasteiger partial charge in [-0.2, -0.15) is 0 Å². The van der Waals surface area contributed by atoms with Gasteiger partial charge in [-0.15, -0.1) is 11.3 Å². The summed E-state index contributed by atoms with van der Waals surface area (Å²) < 4.78 is 10.5. The van der Waals surface area contributed by atoms with Gasteiger partial charge in [0.05, 0.1) is 12.1 Å². The van der Waals surface area contributed by atoms with E-state index in [0.717, 1.165) is 0 Å². The van der Waals surface area contributed by atoms with Crippen LogP contribution in [0.25, 0.3) is 0 Å². The molecule has 126 valence electrons. The molecule has 0 radical (unpaired) electrons. The molecule has 6 nitrogen and oxygen atoms in total. The van der Waals surface area contributed by atoms with E-state index in [1.165, 1.54) is 4.88 Å². The van der Waals surface area contributed by atoms with Crippen LogP contribution < -0.4 is 5.32 Å². The van der Waals surface area contributed by atoms with Crippen LogP contribution in [0.3, 0.4) is 0 Å². The van der Waals surface area contributed by atoms with Gasteiger partial charge in [-0.05, 0) is 27.7 Å². The van der Waals surface area contributed by atoms with Crippen molar-refractivity contribution < 1.29 is 14.3 Å². The normalized spacial score (nSPS) is 13.0. The van der Waals surface area contributed by atoms with E-state index in [-0.39, 0.29) is 12.1 Å². The highest BCUT2D eigenvalue weighted by Crippen LogP contribution is 2.16. The Morgan fingerprint density at radius 1 is 1.45 bits per heavy atom. The number of amides is 1. The van der Waals surface area contributed by atoms with Crippen molar-refractivity contribution in [2.75, 3.05) is 33.4 Å². The van der Waals surface area contributed by atoms with Crippen molar-refractivity contribution in [2.24, 2.45) is 0 Å². The number of ether oxygens (including phenoxy) is 2. The van der Waals surface area contributed by atoms with Gasteiger partial charge in [0, 0.05) is 43.9 Å². The van der Waals surface area contributed by atoms with E-state index in [1.54, 1.807) is 23.3 Å². The van der Waals surface area contributed by atoms with E-state index in [2.05, 4.69) is 17.2 Å². The lowest BCUT2D eigenvalue weighted by molar-refractivity contribution is 0.0203. The molecular weight excluding hydrogens is 302 g/mol. The number of hydrogen-bond donors (Lipinski definition) is 1. The zero-order valence-corrected chi connectivity index (χ0v) is 14.9. The summed E-state index contributed by atoms with van der Waals surface area (Å²) >= 11 is 1.62. The van der Waals surface area contributed by atoms with Crippen LogP contribution in [0.5, 0.6) is 0 Å². The third kappa shape index (κ3) is 7.20. The molecule has 1 aromatic heterocycles. The summed E-state index contributed by atoms with van der Waals surface area (Å²) in [5, 5.41) is 3.39. The Labute approximate surface area is 136 Å². The van der Waals surface area contributed by atoms with Crippen molar-refractivity contribution in [1.82, 2.24) is 15.2 Å². The maximum Gasteiger partial charge on any atom is 0.410 e. The standard InChI is InChI=1S/C15H27N3O3S/c1-12(13-10-16-11-22-13)17-6-7-18(8-9-20-5)14(19)21-15(2,3)4/h10-12,17H,6-9H2,1-5H3. The molecule has 1 aromatic rings. The van der Waals surface area contributed by atoms with Crippen molar-refractivity contribution in [3.63, 3.8) is 0 Å². The molecular formula is C15H27N3O3S. The summed E-state index contributed by atoms with van der Waals surface area (Å²) in [6, 6.07) is 0.218. The number of thiazole rings is 1. The van der Waals surface area contributed by atoms with Gasteiger partial charge in [0.1, 0.15) is 5.60 Å². The second kappa shape index (κ2) is 9.07. The van der Waals surface area contributed by atoms with E-state index in [1.807, 2.05) is 32.5 Å². The number of rotatable bonds is 8. The monoisotopic (exact) mass is 329 g/mol. The van der Waals surface area contributed by atoms with Crippen molar-refractivity contribution in [2.45, 2.75) is 39.3 Å². The van der Waals surface area contributed by atoms with Crippen molar-refractivity contribution in [1.29, 1.82) is 0 Å². The van der Waals surface area contributed by atoms with Crippen LogP contribution in [-0.4, -0.2) is 54.9 Å². The lowest BCUT2D eigenvalue weighted by Crippen LogP contribution is -2.42. The van der Waals surface area contributed by atoms with E-state index in [9.17, 15) is 4.79 Å². The van der Waals surface area contributed by atoms with Crippen molar-refractivity contribution in [3.8, 4) is 0 Å². The quantitative estimate of drug-likeness (QED) is 0.794. The number of carbonyl (C=O) groups excluding carboxylic acids is 1. The Bertz CT molecular complexity index is 432. The second-order valence-corrected chi connectivity index (χ2v) is 6.96. The van der Waals surface area contributed by atoms with E-state index >= 15 is 0 Å². The minimum Gasteiger partial charge on any atom is -0.444 e. The number of aromatic nitrogens is 1. The first-order valence-electron chi connectivity index (χ1n) is 7.42. The Morgan fingerprint density at radius 2 is 2.18 bits per heavy atom. The molecule has 22 heavy (non-hydrogen) atoms. The molecule has 1 atom stereocenters. The fraction of sp³-hybridized carbons (Fsp3) is 0.733. The molecule has 0 aliphatic carbocycles. The summed E-state index contributed by atoms with van der Waals surface area (Å²) in [5.41, 5.74) is 1.32. The summed E-state index contributed by atoms with van der Waals surface area (Å²) in [6.45, 7) is 9.94. The third-order valence-electron chi connectivity index (χ3n) is 2.93. The Kier molecular flexibility index (Phi) is 7.78. The minimum absolute atomic E-state index is 0.218. The lowest BCUT2D eigenvalue weighted by Gasteiger charge is -2.27. The van der Waals surface area contributed by atoms with Gasteiger partial charge in [0.15, 0.2) is 0 Å². The van der Waals surface area contributed by atoms with E-state index in [4.69, 9.17) is 9.47 Å². The van der Waals surface area contributed by atoms with Crippen LogP contribution in [0.1, 0.15) is 38.6 Å². The first-order valence-corrected chi connectivity index (χ1v) is 8.30. The van der Waals surface area contributed by atoms with Crippen LogP contribution in [0, 0.1) is 0 Å². The Balaban J connectivity index is 2.45. The smallest absolute Gasteiger partial charge is 0.410 e. The van der Waals surface area contributed by atoms with Crippen LogP contribution in [0.15, 0.2) is 11.7 Å². The third-order valence-corrected chi connectivity index (χ3v) is 3.89. The number of hydrogen-bond acceptors (Lipinski definition) is 6. The maximum atomic E-state index is 12.2. The zero-order chi connectivity index (χ0) is 16.6. The number of methoxy groups -OCH3 is 1. The maximum absolute atomic E-state index is 12.2.